The van der Waals surface area contributed by atoms with Gasteiger partial charge in [-0.15, -0.1) is 0 Å². The van der Waals surface area contributed by atoms with Gasteiger partial charge in [-0.3, -0.25) is 0 Å². The molecule has 1 rings (SSSR count). The highest BCUT2D eigenvalue weighted by Crippen LogP contribution is 2.05. The second kappa shape index (κ2) is 6.21. The molecule has 0 aromatic carbocycles. The summed E-state index contributed by atoms with van der Waals surface area (Å²) in [6, 6.07) is 2.02. The fourth-order valence-electron chi connectivity index (χ4n) is 1.47. The molecule has 0 radical (unpaired) electrons. The molecular formula is C12H22N2O2S. The van der Waals surface area contributed by atoms with Crippen molar-refractivity contribution in [1.82, 2.24) is 9.88 Å². The Hall–Kier alpha value is -0.810. The molecule has 0 atom stereocenters. The Morgan fingerprint density at radius 2 is 2.12 bits per heavy atom. The molecule has 4 nitrogen and oxygen atoms in total. The van der Waals surface area contributed by atoms with Crippen LogP contribution in [0.15, 0.2) is 18.5 Å². The van der Waals surface area contributed by atoms with Crippen molar-refractivity contribution in [3.63, 3.8) is 0 Å². The molecule has 17 heavy (non-hydrogen) atoms. The van der Waals surface area contributed by atoms with Crippen molar-refractivity contribution in [3.8, 4) is 0 Å². The van der Waals surface area contributed by atoms with Crippen LogP contribution in [0, 0.1) is 0 Å². The Morgan fingerprint density at radius 3 is 2.71 bits per heavy atom. The monoisotopic (exact) mass is 258 g/mol. The molecule has 0 amide bonds. The van der Waals surface area contributed by atoms with Gasteiger partial charge in [0.1, 0.15) is 0 Å². The molecule has 0 saturated carbocycles. The number of hydrogen-bond acceptors (Lipinski definition) is 3. The number of nitrogens with zero attached hydrogens (tertiary/aromatic N) is 1. The Kier molecular flexibility index (Phi) is 5.21. The summed E-state index contributed by atoms with van der Waals surface area (Å²) in [4.78, 5) is 0. The number of hydrogen-bond donors (Lipinski definition) is 1. The maximum atomic E-state index is 11.7. The molecule has 0 aliphatic rings. The Morgan fingerprint density at radius 1 is 1.41 bits per heavy atom. The van der Waals surface area contributed by atoms with Crippen LogP contribution >= 0.6 is 0 Å². The van der Waals surface area contributed by atoms with Crippen LogP contribution < -0.4 is 5.32 Å². The standard InChI is InChI=1S/C12H22N2O2S/c1-4-13-9-12-5-6-14(10-12)7-8-17(15,16)11(2)3/h5-6,10-11,13H,4,7-9H2,1-3H3. The van der Waals surface area contributed by atoms with Crippen molar-refractivity contribution >= 4 is 9.84 Å². The predicted octanol–water partition coefficient (Wildman–Crippen LogP) is 1.42. The zero-order valence-corrected chi connectivity index (χ0v) is 11.6. The van der Waals surface area contributed by atoms with E-state index in [4.69, 9.17) is 0 Å². The van der Waals surface area contributed by atoms with Crippen molar-refractivity contribution in [2.45, 2.75) is 39.1 Å². The lowest BCUT2D eigenvalue weighted by molar-refractivity contribution is 0.580. The van der Waals surface area contributed by atoms with Crippen molar-refractivity contribution in [2.24, 2.45) is 0 Å². The zero-order valence-electron chi connectivity index (χ0n) is 10.8. The van der Waals surface area contributed by atoms with E-state index in [9.17, 15) is 8.42 Å². The van der Waals surface area contributed by atoms with Gasteiger partial charge in [-0.2, -0.15) is 0 Å². The first-order valence-electron chi connectivity index (χ1n) is 6.02. The topological polar surface area (TPSA) is 51.1 Å². The van der Waals surface area contributed by atoms with E-state index in [1.54, 1.807) is 13.8 Å². The first kappa shape index (κ1) is 14.3. The van der Waals surface area contributed by atoms with Gasteiger partial charge in [0, 0.05) is 25.5 Å². The Bertz CT molecular complexity index is 435. The van der Waals surface area contributed by atoms with Crippen LogP contribution in [0.25, 0.3) is 0 Å². The summed E-state index contributed by atoms with van der Waals surface area (Å²) in [5.74, 6) is 0.208. The number of aryl methyl sites for hydroxylation is 1. The highest BCUT2D eigenvalue weighted by molar-refractivity contribution is 7.91. The maximum Gasteiger partial charge on any atom is 0.154 e. The molecule has 0 spiro atoms. The lowest BCUT2D eigenvalue weighted by atomic mass is 10.3. The lowest BCUT2D eigenvalue weighted by Gasteiger charge is -2.08. The van der Waals surface area contributed by atoms with Gasteiger partial charge < -0.3 is 9.88 Å². The van der Waals surface area contributed by atoms with Gasteiger partial charge in [0.15, 0.2) is 9.84 Å². The first-order chi connectivity index (χ1) is 7.95. The minimum Gasteiger partial charge on any atom is -0.353 e. The molecule has 0 fully saturated rings. The molecule has 0 aliphatic carbocycles. The number of sulfone groups is 1. The summed E-state index contributed by atoms with van der Waals surface area (Å²) in [7, 11) is -2.94. The largest absolute Gasteiger partial charge is 0.353 e. The van der Waals surface area contributed by atoms with E-state index in [-0.39, 0.29) is 11.0 Å². The first-order valence-corrected chi connectivity index (χ1v) is 7.74. The molecule has 1 aromatic heterocycles. The average Bonchev–Trinajstić information content (AvgIpc) is 2.71. The molecule has 1 aromatic rings. The van der Waals surface area contributed by atoms with Crippen LogP contribution in [0.4, 0.5) is 0 Å². The van der Waals surface area contributed by atoms with Gasteiger partial charge in [-0.25, -0.2) is 8.42 Å². The number of nitrogens with one attached hydrogen (secondary N) is 1. The molecule has 0 saturated heterocycles. The molecule has 5 heteroatoms. The molecular weight excluding hydrogens is 236 g/mol. The second-order valence-corrected chi connectivity index (χ2v) is 7.13. The van der Waals surface area contributed by atoms with E-state index in [1.807, 2.05) is 23.0 Å². The van der Waals surface area contributed by atoms with Gasteiger partial charge in [0.25, 0.3) is 0 Å². The van der Waals surface area contributed by atoms with Crippen LogP contribution in [0.3, 0.4) is 0 Å². The maximum absolute atomic E-state index is 11.7. The molecule has 0 aliphatic heterocycles. The minimum atomic E-state index is -2.94. The van der Waals surface area contributed by atoms with Crippen molar-refractivity contribution in [1.29, 1.82) is 0 Å². The van der Waals surface area contributed by atoms with Crippen molar-refractivity contribution < 1.29 is 8.42 Å². The fraction of sp³-hybridized carbons (Fsp3) is 0.667. The zero-order chi connectivity index (χ0) is 12.9. The molecule has 1 N–H and O–H groups in total. The SMILES string of the molecule is CCNCc1ccn(CCS(=O)(=O)C(C)C)c1. The minimum absolute atomic E-state index is 0.208. The highest BCUT2D eigenvalue weighted by atomic mass is 32.2. The fourth-order valence-corrected chi connectivity index (χ4v) is 2.41. The summed E-state index contributed by atoms with van der Waals surface area (Å²) < 4.78 is 25.3. The summed E-state index contributed by atoms with van der Waals surface area (Å²) in [5, 5.41) is 2.94. The van der Waals surface area contributed by atoms with E-state index in [2.05, 4.69) is 12.2 Å². The third kappa shape index (κ3) is 4.52. The third-order valence-electron chi connectivity index (χ3n) is 2.74. The molecule has 0 bridgehead atoms. The third-order valence-corrected chi connectivity index (χ3v) is 4.93. The Balaban J connectivity index is 2.50. The van der Waals surface area contributed by atoms with Crippen molar-refractivity contribution in [3.05, 3.63) is 24.0 Å². The molecule has 1 heterocycles. The smallest absolute Gasteiger partial charge is 0.154 e. The second-order valence-electron chi connectivity index (χ2n) is 4.45. The van der Waals surface area contributed by atoms with E-state index < -0.39 is 9.84 Å². The summed E-state index contributed by atoms with van der Waals surface area (Å²) in [5.41, 5.74) is 1.19. The Labute approximate surface area is 104 Å². The van der Waals surface area contributed by atoms with Crippen molar-refractivity contribution in [2.75, 3.05) is 12.3 Å². The summed E-state index contributed by atoms with van der Waals surface area (Å²) in [6.45, 7) is 7.81. The molecule has 98 valence electrons. The normalized spacial score (nSPS) is 12.2. The quantitative estimate of drug-likeness (QED) is 0.805. The number of aromatic nitrogens is 1. The van der Waals surface area contributed by atoms with Gasteiger partial charge >= 0.3 is 0 Å². The van der Waals surface area contributed by atoms with E-state index in [0.29, 0.717) is 6.54 Å². The van der Waals surface area contributed by atoms with E-state index in [1.165, 1.54) is 5.56 Å². The van der Waals surface area contributed by atoms with Crippen LogP contribution in [0.1, 0.15) is 26.3 Å². The lowest BCUT2D eigenvalue weighted by Crippen LogP contribution is -2.20. The van der Waals surface area contributed by atoms with E-state index >= 15 is 0 Å². The van der Waals surface area contributed by atoms with Gasteiger partial charge in [0.2, 0.25) is 0 Å². The van der Waals surface area contributed by atoms with Crippen LogP contribution in [-0.4, -0.2) is 30.5 Å². The van der Waals surface area contributed by atoms with Crippen LogP contribution in [0.2, 0.25) is 0 Å². The van der Waals surface area contributed by atoms with Gasteiger partial charge in [-0.05, 0) is 32.0 Å². The van der Waals surface area contributed by atoms with Gasteiger partial charge in [0.05, 0.1) is 11.0 Å². The summed E-state index contributed by atoms with van der Waals surface area (Å²) in [6.07, 6.45) is 3.93. The highest BCUT2D eigenvalue weighted by Gasteiger charge is 2.15. The summed E-state index contributed by atoms with van der Waals surface area (Å²) >= 11 is 0. The van der Waals surface area contributed by atoms with Crippen LogP contribution in [0.5, 0.6) is 0 Å². The van der Waals surface area contributed by atoms with E-state index in [0.717, 1.165) is 13.1 Å². The number of rotatable bonds is 7. The van der Waals surface area contributed by atoms with Crippen LogP contribution in [-0.2, 0) is 22.9 Å². The van der Waals surface area contributed by atoms with Gasteiger partial charge in [-0.1, -0.05) is 6.92 Å². The average molecular weight is 258 g/mol. The molecule has 0 unspecified atom stereocenters. The predicted molar refractivity (Wildman–Crippen MR) is 70.7 cm³/mol.